The van der Waals surface area contributed by atoms with Crippen molar-refractivity contribution < 1.29 is 14.3 Å². The summed E-state index contributed by atoms with van der Waals surface area (Å²) in [6, 6.07) is 13.3. The second-order valence-corrected chi connectivity index (χ2v) is 7.20. The number of carbonyl (C=O) groups is 1. The molecule has 1 aliphatic heterocycles. The van der Waals surface area contributed by atoms with Crippen LogP contribution in [-0.2, 0) is 4.79 Å². The highest BCUT2D eigenvalue weighted by Gasteiger charge is 2.30. The van der Waals surface area contributed by atoms with Crippen LogP contribution in [0.3, 0.4) is 0 Å². The molecule has 0 spiro atoms. The van der Waals surface area contributed by atoms with Crippen LogP contribution in [0.15, 0.2) is 46.9 Å². The second kappa shape index (κ2) is 8.11. The van der Waals surface area contributed by atoms with Gasteiger partial charge in [0.15, 0.2) is 6.61 Å². The molecule has 0 aromatic heterocycles. The van der Waals surface area contributed by atoms with Gasteiger partial charge in [-0.25, -0.2) is 0 Å². The Morgan fingerprint density at radius 1 is 1.28 bits per heavy atom. The molecule has 1 aliphatic rings. The molecule has 25 heavy (non-hydrogen) atoms. The van der Waals surface area contributed by atoms with Crippen molar-refractivity contribution in [3.63, 3.8) is 0 Å². The van der Waals surface area contributed by atoms with E-state index in [4.69, 9.17) is 21.1 Å². The summed E-state index contributed by atoms with van der Waals surface area (Å²) in [6.45, 7) is 0.723. The predicted molar refractivity (Wildman–Crippen MR) is 101 cm³/mol. The molecule has 1 heterocycles. The summed E-state index contributed by atoms with van der Waals surface area (Å²) in [5, 5.41) is 0.482. The van der Waals surface area contributed by atoms with Gasteiger partial charge < -0.3 is 14.4 Å². The van der Waals surface area contributed by atoms with Gasteiger partial charge in [-0.1, -0.05) is 39.7 Å². The van der Waals surface area contributed by atoms with Crippen molar-refractivity contribution in [3.05, 3.63) is 57.5 Å². The van der Waals surface area contributed by atoms with Crippen LogP contribution >= 0.6 is 27.5 Å². The molecule has 3 rings (SSSR count). The van der Waals surface area contributed by atoms with Crippen molar-refractivity contribution in [1.82, 2.24) is 4.90 Å². The Bertz CT molecular complexity index is 751. The zero-order chi connectivity index (χ0) is 17.8. The lowest BCUT2D eigenvalue weighted by Crippen LogP contribution is -2.34. The van der Waals surface area contributed by atoms with Crippen LogP contribution in [0, 0.1) is 0 Å². The molecule has 2 aromatic carbocycles. The molecule has 1 saturated heterocycles. The topological polar surface area (TPSA) is 38.8 Å². The number of nitrogens with zero attached hydrogens (tertiary/aromatic N) is 1. The molecule has 0 saturated carbocycles. The SMILES string of the molecule is COc1ccc([C@H]2CCCN2C(=O)COc2ccc(Br)cc2Cl)cc1. The van der Waals surface area contributed by atoms with Gasteiger partial charge in [0, 0.05) is 11.0 Å². The number of likely N-dealkylation sites (tertiary alicyclic amines) is 1. The van der Waals surface area contributed by atoms with Crippen LogP contribution in [0.25, 0.3) is 0 Å². The molecule has 4 nitrogen and oxygen atoms in total. The Labute approximate surface area is 160 Å². The highest BCUT2D eigenvalue weighted by Crippen LogP contribution is 2.33. The van der Waals surface area contributed by atoms with Gasteiger partial charge in [0.1, 0.15) is 11.5 Å². The molecule has 1 amide bonds. The molecule has 0 radical (unpaired) electrons. The number of hydrogen-bond acceptors (Lipinski definition) is 3. The quantitative estimate of drug-likeness (QED) is 0.688. The van der Waals surface area contributed by atoms with Crippen LogP contribution in [0.1, 0.15) is 24.4 Å². The molecule has 0 N–H and O–H groups in total. The third-order valence-corrected chi connectivity index (χ3v) is 5.11. The van der Waals surface area contributed by atoms with E-state index >= 15 is 0 Å². The molecule has 1 atom stereocenters. The fourth-order valence-electron chi connectivity index (χ4n) is 3.05. The second-order valence-electron chi connectivity index (χ2n) is 5.88. The van der Waals surface area contributed by atoms with Crippen LogP contribution in [-0.4, -0.2) is 31.1 Å². The number of benzene rings is 2. The summed E-state index contributed by atoms with van der Waals surface area (Å²) in [6.07, 6.45) is 1.94. The molecule has 0 unspecified atom stereocenters. The van der Waals surface area contributed by atoms with Gasteiger partial charge in [-0.15, -0.1) is 0 Å². The molecular weight excluding hydrogens is 406 g/mol. The molecule has 0 aliphatic carbocycles. The van der Waals surface area contributed by atoms with Crippen molar-refractivity contribution in [2.24, 2.45) is 0 Å². The standard InChI is InChI=1S/C19H19BrClNO3/c1-24-15-7-4-13(5-8-15)17-3-2-10-22(17)19(23)12-25-18-9-6-14(20)11-16(18)21/h4-9,11,17H,2-3,10,12H2,1H3/t17-/m1/s1. The van der Waals surface area contributed by atoms with Gasteiger partial charge >= 0.3 is 0 Å². The smallest absolute Gasteiger partial charge is 0.261 e. The highest BCUT2D eigenvalue weighted by molar-refractivity contribution is 9.10. The first-order chi connectivity index (χ1) is 12.1. The van der Waals surface area contributed by atoms with Gasteiger partial charge in [-0.05, 0) is 48.7 Å². The summed E-state index contributed by atoms with van der Waals surface area (Å²) in [7, 11) is 1.64. The van der Waals surface area contributed by atoms with Crippen molar-refractivity contribution in [1.29, 1.82) is 0 Å². The fraction of sp³-hybridized carbons (Fsp3) is 0.316. The molecule has 2 aromatic rings. The number of halogens is 2. The summed E-state index contributed by atoms with van der Waals surface area (Å²) in [4.78, 5) is 14.5. The van der Waals surface area contributed by atoms with E-state index in [1.54, 1.807) is 19.2 Å². The minimum atomic E-state index is -0.0303. The van der Waals surface area contributed by atoms with Gasteiger partial charge in [-0.2, -0.15) is 0 Å². The van der Waals surface area contributed by atoms with E-state index in [0.29, 0.717) is 10.8 Å². The Morgan fingerprint density at radius 2 is 2.04 bits per heavy atom. The van der Waals surface area contributed by atoms with Crippen LogP contribution in [0.5, 0.6) is 11.5 Å². The highest BCUT2D eigenvalue weighted by atomic mass is 79.9. The first-order valence-electron chi connectivity index (χ1n) is 8.10. The lowest BCUT2D eigenvalue weighted by molar-refractivity contribution is -0.134. The Morgan fingerprint density at radius 3 is 2.72 bits per heavy atom. The lowest BCUT2D eigenvalue weighted by Gasteiger charge is -2.25. The monoisotopic (exact) mass is 423 g/mol. The van der Waals surface area contributed by atoms with E-state index in [0.717, 1.165) is 35.2 Å². The first-order valence-corrected chi connectivity index (χ1v) is 9.27. The Balaban J connectivity index is 1.65. The molecule has 6 heteroatoms. The molecular formula is C19H19BrClNO3. The van der Waals surface area contributed by atoms with E-state index in [9.17, 15) is 4.79 Å². The van der Waals surface area contributed by atoms with E-state index in [-0.39, 0.29) is 18.6 Å². The molecule has 1 fully saturated rings. The number of amides is 1. The normalized spacial score (nSPS) is 16.8. The summed E-state index contributed by atoms with van der Waals surface area (Å²) >= 11 is 9.48. The largest absolute Gasteiger partial charge is 0.497 e. The van der Waals surface area contributed by atoms with Crippen molar-refractivity contribution in [2.75, 3.05) is 20.3 Å². The average molecular weight is 425 g/mol. The Kier molecular flexibility index (Phi) is 5.86. The zero-order valence-electron chi connectivity index (χ0n) is 13.9. The van der Waals surface area contributed by atoms with Crippen molar-refractivity contribution in [2.45, 2.75) is 18.9 Å². The van der Waals surface area contributed by atoms with E-state index in [1.165, 1.54) is 0 Å². The van der Waals surface area contributed by atoms with Crippen LogP contribution in [0.4, 0.5) is 0 Å². The van der Waals surface area contributed by atoms with Crippen LogP contribution in [0.2, 0.25) is 5.02 Å². The van der Waals surface area contributed by atoms with E-state index in [1.807, 2.05) is 35.2 Å². The number of ether oxygens (including phenoxy) is 2. The van der Waals surface area contributed by atoms with Crippen LogP contribution < -0.4 is 9.47 Å². The molecule has 132 valence electrons. The maximum Gasteiger partial charge on any atom is 0.261 e. The third kappa shape index (κ3) is 4.28. The summed E-state index contributed by atoms with van der Waals surface area (Å²) < 4.78 is 11.7. The Hall–Kier alpha value is -1.72. The maximum absolute atomic E-state index is 12.6. The molecule has 0 bridgehead atoms. The number of rotatable bonds is 5. The predicted octanol–water partition coefficient (Wildman–Crippen LogP) is 4.85. The summed E-state index contributed by atoms with van der Waals surface area (Å²) in [5.41, 5.74) is 1.12. The number of hydrogen-bond donors (Lipinski definition) is 0. The van der Waals surface area contributed by atoms with Crippen molar-refractivity contribution >= 4 is 33.4 Å². The third-order valence-electron chi connectivity index (χ3n) is 4.32. The lowest BCUT2D eigenvalue weighted by atomic mass is 10.0. The van der Waals surface area contributed by atoms with Crippen molar-refractivity contribution in [3.8, 4) is 11.5 Å². The van der Waals surface area contributed by atoms with Gasteiger partial charge in [-0.3, -0.25) is 4.79 Å². The van der Waals surface area contributed by atoms with Gasteiger partial charge in [0.05, 0.1) is 18.2 Å². The number of carbonyl (C=O) groups excluding carboxylic acids is 1. The fourth-order valence-corrected chi connectivity index (χ4v) is 3.78. The van der Waals surface area contributed by atoms with E-state index < -0.39 is 0 Å². The number of methoxy groups -OCH3 is 1. The minimum absolute atomic E-state index is 0.0198. The van der Waals surface area contributed by atoms with Gasteiger partial charge in [0.2, 0.25) is 0 Å². The minimum Gasteiger partial charge on any atom is -0.497 e. The summed E-state index contributed by atoms with van der Waals surface area (Å²) in [5.74, 6) is 1.29. The maximum atomic E-state index is 12.6. The average Bonchev–Trinajstić information content (AvgIpc) is 3.10. The van der Waals surface area contributed by atoms with Gasteiger partial charge in [0.25, 0.3) is 5.91 Å². The zero-order valence-corrected chi connectivity index (χ0v) is 16.2. The first kappa shape index (κ1) is 18.1. The van der Waals surface area contributed by atoms with E-state index in [2.05, 4.69) is 15.9 Å².